The van der Waals surface area contributed by atoms with Crippen molar-refractivity contribution in [1.29, 1.82) is 0 Å². The lowest BCUT2D eigenvalue weighted by atomic mass is 10.0. The molecular formula is C90H165O15P3S3. The first-order chi connectivity index (χ1) is 53.3. The lowest BCUT2D eigenvalue weighted by Crippen LogP contribution is -2.07. The number of esters is 3. The Bertz CT molecular complexity index is 2330. The first kappa shape index (κ1) is 113. The maximum absolute atomic E-state index is 11.8. The van der Waals surface area contributed by atoms with E-state index in [1.165, 1.54) is 325 Å². The minimum absolute atomic E-state index is 0.107. The summed E-state index contributed by atoms with van der Waals surface area (Å²) in [6.07, 6.45) is 82.0. The number of unbranched alkanes of at least 4 members (excludes halogenated alkanes) is 51. The molecule has 0 unspecified atom stereocenters. The molecule has 0 spiro atoms. The van der Waals surface area contributed by atoms with Gasteiger partial charge in [0, 0.05) is 19.3 Å². The van der Waals surface area contributed by atoms with Crippen LogP contribution in [0, 0.1) is 0 Å². The van der Waals surface area contributed by atoms with Crippen molar-refractivity contribution in [2.75, 3.05) is 0 Å². The quantitative estimate of drug-likeness (QED) is 0.0110. The molecule has 0 aliphatic heterocycles. The summed E-state index contributed by atoms with van der Waals surface area (Å²) >= 11 is 10.8. The Labute approximate surface area is 694 Å². The van der Waals surface area contributed by atoms with Gasteiger partial charge in [0.15, 0.2) is 0 Å². The Morgan fingerprint density at radius 1 is 0.216 bits per heavy atom. The zero-order valence-corrected chi connectivity index (χ0v) is 76.1. The minimum atomic E-state index is -3.81. The van der Waals surface area contributed by atoms with Gasteiger partial charge < -0.3 is 58.3 Å². The number of carbonyl (C=O) groups excluding carboxylic acids is 3. The molecule has 3 aromatic rings. The highest BCUT2D eigenvalue weighted by atomic mass is 32.5. The minimum Gasteiger partial charge on any atom is -0.427 e. The fourth-order valence-electron chi connectivity index (χ4n) is 12.9. The normalized spacial score (nSPS) is 11.2. The standard InChI is InChI=1S/3C30H52O2.3H3O3PS/c3*1-3-5-7-8-9-10-11-12-13-14-15-16-17-18-19-21-22-28-24-26-29(27-25-28)32-30(31)23-20-6-4-2;3*1-4(2,3)5/h3*24-27H,3-23H2,1-2H3;3*(H3,1,2,3,5). The van der Waals surface area contributed by atoms with Crippen LogP contribution in [0.1, 0.15) is 443 Å². The van der Waals surface area contributed by atoms with E-state index in [1.807, 2.05) is 36.4 Å². The van der Waals surface area contributed by atoms with E-state index in [0.29, 0.717) is 36.5 Å². The predicted octanol–water partition coefficient (Wildman–Crippen LogP) is 27.5. The van der Waals surface area contributed by atoms with Gasteiger partial charge >= 0.3 is 38.1 Å². The van der Waals surface area contributed by atoms with Crippen LogP contribution in [0.3, 0.4) is 0 Å². The number of carbonyl (C=O) groups is 3. The van der Waals surface area contributed by atoms with Gasteiger partial charge in [-0.2, -0.15) is 0 Å². The average molecular weight is 1680 g/mol. The number of ether oxygens (including phenoxy) is 3. The highest BCUT2D eigenvalue weighted by Crippen LogP contribution is 2.29. The van der Waals surface area contributed by atoms with E-state index in [4.69, 9.17) is 58.3 Å². The first-order valence-electron chi connectivity index (χ1n) is 44.5. The van der Waals surface area contributed by atoms with Gasteiger partial charge in [-0.1, -0.05) is 405 Å². The largest absolute Gasteiger partial charge is 0.427 e. The Morgan fingerprint density at radius 2 is 0.333 bits per heavy atom. The third-order valence-corrected chi connectivity index (χ3v) is 19.4. The van der Waals surface area contributed by atoms with Crippen molar-refractivity contribution in [2.45, 2.75) is 446 Å². The SMILES string of the molecule is CCCCCCCCCCCCCCCCCCc1ccc(OC(=O)CCCCC)cc1.CCCCCCCCCCCCCCCCCCc1ccc(OC(=O)CCCCC)cc1.CCCCCCCCCCCCCCCCCCc1ccc(OC(=O)CCCCC)cc1.OP(O)(O)=S.OP(O)(O)=S.OP(O)(O)=S. The number of benzene rings is 3. The van der Waals surface area contributed by atoms with E-state index in [9.17, 15) is 14.4 Å². The van der Waals surface area contributed by atoms with Gasteiger partial charge in [0.25, 0.3) is 0 Å². The molecule has 3 aromatic carbocycles. The molecule has 15 nitrogen and oxygen atoms in total. The second-order valence-corrected chi connectivity index (χ2v) is 37.9. The lowest BCUT2D eigenvalue weighted by Gasteiger charge is -2.06. The van der Waals surface area contributed by atoms with Crippen LogP contribution in [0.4, 0.5) is 0 Å². The van der Waals surface area contributed by atoms with Crippen LogP contribution in [0.5, 0.6) is 17.2 Å². The van der Waals surface area contributed by atoms with Crippen LogP contribution in [0.2, 0.25) is 0 Å². The van der Waals surface area contributed by atoms with Crippen molar-refractivity contribution in [3.05, 3.63) is 89.5 Å². The van der Waals surface area contributed by atoms with E-state index >= 15 is 0 Å². The summed E-state index contributed by atoms with van der Waals surface area (Å²) in [5.41, 5.74) is 4.04. The van der Waals surface area contributed by atoms with Crippen LogP contribution in [-0.4, -0.2) is 61.9 Å². The number of rotatable bonds is 66. The van der Waals surface area contributed by atoms with Crippen molar-refractivity contribution in [2.24, 2.45) is 0 Å². The molecule has 3 rings (SSSR count). The molecule has 9 N–H and O–H groups in total. The summed E-state index contributed by atoms with van der Waals surface area (Å²) in [4.78, 5) is 103. The van der Waals surface area contributed by atoms with E-state index in [2.05, 4.69) is 113 Å². The van der Waals surface area contributed by atoms with E-state index in [1.54, 1.807) is 0 Å². The highest BCUT2D eigenvalue weighted by Gasteiger charge is 2.09. The zero-order chi connectivity index (χ0) is 82.9. The summed E-state index contributed by atoms with van der Waals surface area (Å²) in [6, 6.07) is 24.3. The molecule has 0 bridgehead atoms. The van der Waals surface area contributed by atoms with Crippen molar-refractivity contribution in [1.82, 2.24) is 0 Å². The third-order valence-electron chi connectivity index (χ3n) is 19.4. The van der Waals surface area contributed by atoms with Crippen LogP contribution in [0.15, 0.2) is 72.8 Å². The predicted molar refractivity (Wildman–Crippen MR) is 481 cm³/mol. The summed E-state index contributed by atoms with van der Waals surface area (Å²) < 4.78 is 16.2. The smallest absolute Gasteiger partial charge is 0.319 e. The molecule has 0 aliphatic rings. The van der Waals surface area contributed by atoms with Crippen molar-refractivity contribution in [3.63, 3.8) is 0 Å². The molecule has 0 aromatic heterocycles. The van der Waals surface area contributed by atoms with Crippen LogP contribution < -0.4 is 14.2 Å². The van der Waals surface area contributed by atoms with Gasteiger partial charge in [0.2, 0.25) is 0 Å². The van der Waals surface area contributed by atoms with Crippen LogP contribution >= 0.6 is 20.2 Å². The first-order valence-corrected chi connectivity index (χ1v) is 52.5. The number of aryl methyl sites for hydroxylation is 3. The Kier molecular flexibility index (Phi) is 85.5. The number of hydrogen-bond donors (Lipinski definition) is 9. The molecule has 0 atom stereocenters. The lowest BCUT2D eigenvalue weighted by molar-refractivity contribution is -0.135. The zero-order valence-electron chi connectivity index (χ0n) is 71.0. The monoisotopic (exact) mass is 1680 g/mol. The highest BCUT2D eigenvalue weighted by molar-refractivity contribution is 8.06. The molecule has 0 fully saturated rings. The fraction of sp³-hybridized carbons (Fsp3) is 0.767. The molecule has 0 amide bonds. The number of hydrogen-bond acceptors (Lipinski definition) is 9. The Balaban J connectivity index is -0.00000143. The van der Waals surface area contributed by atoms with Gasteiger partial charge in [-0.05, 0) is 146 Å². The van der Waals surface area contributed by atoms with Gasteiger partial charge in [-0.15, -0.1) is 0 Å². The second kappa shape index (κ2) is 84.1. The molecule has 21 heteroatoms. The molecule has 0 heterocycles. The van der Waals surface area contributed by atoms with Crippen LogP contribution in [0.25, 0.3) is 0 Å². The Hall–Kier alpha value is -2.34. The van der Waals surface area contributed by atoms with E-state index in [0.717, 1.165) is 77.0 Å². The summed E-state index contributed by atoms with van der Waals surface area (Å²) in [5.74, 6) is 1.73. The summed E-state index contributed by atoms with van der Waals surface area (Å²) in [6.45, 7) is 1.88. The topological polar surface area (TPSA) is 261 Å². The van der Waals surface area contributed by atoms with Gasteiger partial charge in [-0.25, -0.2) is 0 Å². The van der Waals surface area contributed by atoms with Gasteiger partial charge in [0.1, 0.15) is 17.2 Å². The second-order valence-electron chi connectivity index (χ2n) is 30.4. The van der Waals surface area contributed by atoms with Crippen molar-refractivity contribution in [3.8, 4) is 17.2 Å². The molecule has 0 saturated heterocycles. The summed E-state index contributed by atoms with van der Waals surface area (Å²) in [5, 5.41) is 0. The van der Waals surface area contributed by atoms with Crippen molar-refractivity contribution >= 4 is 73.5 Å². The maximum Gasteiger partial charge on any atom is 0.319 e. The van der Waals surface area contributed by atoms with Gasteiger partial charge in [0.05, 0.1) is 0 Å². The van der Waals surface area contributed by atoms with Crippen LogP contribution in [-0.2, 0) is 69.1 Å². The molecule has 111 heavy (non-hydrogen) atoms. The summed E-state index contributed by atoms with van der Waals surface area (Å²) in [7, 11) is 0. The van der Waals surface area contributed by atoms with Crippen molar-refractivity contribution < 1.29 is 72.6 Å². The molecule has 648 valence electrons. The molecular weight excluding hydrogens is 1510 g/mol. The maximum atomic E-state index is 11.8. The fourth-order valence-corrected chi connectivity index (χ4v) is 12.9. The average Bonchev–Trinajstić information content (AvgIpc) is 0.916. The van der Waals surface area contributed by atoms with E-state index < -0.39 is 20.2 Å². The molecule has 0 saturated carbocycles. The Morgan fingerprint density at radius 3 is 0.468 bits per heavy atom. The van der Waals surface area contributed by atoms with Gasteiger partial charge in [-0.3, -0.25) is 14.4 Å². The third kappa shape index (κ3) is 102. The molecule has 0 aliphatic carbocycles. The van der Waals surface area contributed by atoms with E-state index in [-0.39, 0.29) is 17.9 Å². The molecule has 0 radical (unpaired) electrons.